The van der Waals surface area contributed by atoms with Crippen molar-refractivity contribution < 1.29 is 14.3 Å². The number of ether oxygens (including phenoxy) is 1. The van der Waals surface area contributed by atoms with Crippen LogP contribution >= 0.6 is 11.8 Å². The number of carbonyl (C=O) groups excluding carboxylic acids is 2. The second kappa shape index (κ2) is 10.5. The molecule has 3 rings (SSSR count). The van der Waals surface area contributed by atoms with Crippen molar-refractivity contribution in [2.75, 3.05) is 24.3 Å². The van der Waals surface area contributed by atoms with E-state index in [1.807, 2.05) is 62.7 Å². The molecule has 8 nitrogen and oxygen atoms in total. The molecule has 3 aromatic rings. The third-order valence-electron chi connectivity index (χ3n) is 4.69. The van der Waals surface area contributed by atoms with E-state index in [0.717, 1.165) is 11.4 Å². The van der Waals surface area contributed by atoms with E-state index in [4.69, 9.17) is 4.74 Å². The molecule has 0 fully saturated rings. The van der Waals surface area contributed by atoms with Crippen molar-refractivity contribution in [3.63, 3.8) is 0 Å². The molecule has 2 aromatic carbocycles. The molecule has 0 aliphatic rings. The van der Waals surface area contributed by atoms with Gasteiger partial charge in [-0.2, -0.15) is 0 Å². The number of thioether (sulfide) groups is 1. The summed E-state index contributed by atoms with van der Waals surface area (Å²) in [6.07, 6.45) is 0. The van der Waals surface area contributed by atoms with Crippen molar-refractivity contribution in [2.24, 2.45) is 7.05 Å². The zero-order valence-corrected chi connectivity index (χ0v) is 20.3. The van der Waals surface area contributed by atoms with Gasteiger partial charge in [0.2, 0.25) is 11.8 Å². The third kappa shape index (κ3) is 6.58. The molecule has 1 N–H and O–H groups in total. The summed E-state index contributed by atoms with van der Waals surface area (Å²) >= 11 is 1.28. The fourth-order valence-electron chi connectivity index (χ4n) is 3.17. The first-order valence-electron chi connectivity index (χ1n) is 10.5. The third-order valence-corrected chi connectivity index (χ3v) is 5.70. The number of amides is 2. The Hall–Kier alpha value is -3.33. The summed E-state index contributed by atoms with van der Waals surface area (Å²) < 4.78 is 7.07. The Morgan fingerprint density at radius 2 is 1.73 bits per heavy atom. The smallest absolute Gasteiger partial charge is 0.240 e. The van der Waals surface area contributed by atoms with Crippen LogP contribution in [0.3, 0.4) is 0 Å². The van der Waals surface area contributed by atoms with Gasteiger partial charge < -0.3 is 19.5 Å². The van der Waals surface area contributed by atoms with Crippen molar-refractivity contribution in [2.45, 2.75) is 31.5 Å². The average Bonchev–Trinajstić information content (AvgIpc) is 3.15. The Labute approximate surface area is 198 Å². The predicted octanol–water partition coefficient (Wildman–Crippen LogP) is 3.53. The van der Waals surface area contributed by atoms with Crippen molar-refractivity contribution in [3.8, 4) is 17.1 Å². The van der Waals surface area contributed by atoms with Crippen LogP contribution in [0.4, 0.5) is 5.69 Å². The summed E-state index contributed by atoms with van der Waals surface area (Å²) in [7, 11) is 3.45. The van der Waals surface area contributed by atoms with E-state index < -0.39 is 5.54 Å². The van der Waals surface area contributed by atoms with Gasteiger partial charge in [0.25, 0.3) is 0 Å². The van der Waals surface area contributed by atoms with E-state index in [-0.39, 0.29) is 24.1 Å². The molecule has 0 radical (unpaired) electrons. The van der Waals surface area contributed by atoms with Crippen LogP contribution in [0.2, 0.25) is 0 Å². The molecule has 1 aromatic heterocycles. The van der Waals surface area contributed by atoms with Gasteiger partial charge in [-0.15, -0.1) is 10.2 Å². The summed E-state index contributed by atoms with van der Waals surface area (Å²) in [6.45, 7) is 5.62. The molecule has 33 heavy (non-hydrogen) atoms. The topological polar surface area (TPSA) is 89.3 Å². The normalized spacial score (nSPS) is 11.2. The van der Waals surface area contributed by atoms with Crippen LogP contribution in [-0.4, -0.2) is 51.5 Å². The van der Waals surface area contributed by atoms with Gasteiger partial charge in [-0.25, -0.2) is 0 Å². The first-order chi connectivity index (χ1) is 15.7. The maximum atomic E-state index is 13.2. The molecule has 0 bridgehead atoms. The second-order valence-corrected chi connectivity index (χ2v) is 9.44. The standard InChI is InChI=1S/C24H29N5O3S/c1-24(2,3)25-20(30)15-29(18-11-13-19(32-5)14-12-18)21(31)16-33-23-27-26-22(28(23)4)17-9-7-6-8-10-17/h6-14H,15-16H2,1-5H3,(H,25,30). The number of nitrogens with one attached hydrogen (secondary N) is 1. The fraction of sp³-hybridized carbons (Fsp3) is 0.333. The minimum atomic E-state index is -0.396. The number of nitrogens with zero attached hydrogens (tertiary/aromatic N) is 4. The van der Waals surface area contributed by atoms with E-state index in [9.17, 15) is 9.59 Å². The zero-order valence-electron chi connectivity index (χ0n) is 19.5. The number of aromatic nitrogens is 3. The maximum absolute atomic E-state index is 13.2. The summed E-state index contributed by atoms with van der Waals surface area (Å²) in [5, 5.41) is 12.0. The number of carbonyl (C=O) groups is 2. The van der Waals surface area contributed by atoms with Crippen LogP contribution in [0.1, 0.15) is 20.8 Å². The summed E-state index contributed by atoms with van der Waals surface area (Å²) in [6, 6.07) is 16.8. The molecule has 0 spiro atoms. The van der Waals surface area contributed by atoms with Crippen molar-refractivity contribution >= 4 is 29.3 Å². The van der Waals surface area contributed by atoms with E-state index >= 15 is 0 Å². The zero-order chi connectivity index (χ0) is 24.0. The highest BCUT2D eigenvalue weighted by Gasteiger charge is 2.23. The van der Waals surface area contributed by atoms with Gasteiger partial charge in [0.05, 0.1) is 12.9 Å². The number of benzene rings is 2. The van der Waals surface area contributed by atoms with Crippen LogP contribution in [0.5, 0.6) is 5.75 Å². The SMILES string of the molecule is COc1ccc(N(CC(=O)NC(C)(C)C)C(=O)CSc2nnc(-c3ccccc3)n2C)cc1. The molecular formula is C24H29N5O3S. The molecule has 9 heteroatoms. The van der Waals surface area contributed by atoms with Crippen LogP contribution < -0.4 is 15.0 Å². The molecular weight excluding hydrogens is 438 g/mol. The summed E-state index contributed by atoms with van der Waals surface area (Å²) in [5.41, 5.74) is 1.17. The Balaban J connectivity index is 1.75. The first-order valence-corrected chi connectivity index (χ1v) is 11.5. The van der Waals surface area contributed by atoms with E-state index in [0.29, 0.717) is 16.6 Å². The number of rotatable bonds is 8. The van der Waals surface area contributed by atoms with Gasteiger partial charge in [0.1, 0.15) is 12.3 Å². The van der Waals surface area contributed by atoms with Gasteiger partial charge in [-0.1, -0.05) is 42.1 Å². The Morgan fingerprint density at radius 3 is 2.33 bits per heavy atom. The second-order valence-electron chi connectivity index (χ2n) is 8.50. The van der Waals surface area contributed by atoms with Gasteiger partial charge in [-0.3, -0.25) is 9.59 Å². The van der Waals surface area contributed by atoms with Crippen LogP contribution in [0, 0.1) is 0 Å². The number of anilines is 1. The average molecular weight is 468 g/mol. The number of methoxy groups -OCH3 is 1. The van der Waals surface area contributed by atoms with Crippen molar-refractivity contribution in [1.29, 1.82) is 0 Å². The molecule has 174 valence electrons. The van der Waals surface area contributed by atoms with Gasteiger partial charge in [0.15, 0.2) is 11.0 Å². The Kier molecular flexibility index (Phi) is 7.75. The lowest BCUT2D eigenvalue weighted by Crippen LogP contribution is -2.47. The Morgan fingerprint density at radius 1 is 1.06 bits per heavy atom. The Bertz CT molecular complexity index is 1090. The van der Waals surface area contributed by atoms with Gasteiger partial charge >= 0.3 is 0 Å². The van der Waals surface area contributed by atoms with E-state index in [1.54, 1.807) is 31.4 Å². The molecule has 0 saturated carbocycles. The predicted molar refractivity (Wildman–Crippen MR) is 130 cm³/mol. The molecule has 2 amide bonds. The highest BCUT2D eigenvalue weighted by molar-refractivity contribution is 7.99. The van der Waals surface area contributed by atoms with Crippen molar-refractivity contribution in [3.05, 3.63) is 54.6 Å². The summed E-state index contributed by atoms with van der Waals surface area (Å²) in [5.74, 6) is 1.06. The lowest BCUT2D eigenvalue weighted by atomic mass is 10.1. The minimum Gasteiger partial charge on any atom is -0.497 e. The molecule has 0 atom stereocenters. The summed E-state index contributed by atoms with van der Waals surface area (Å²) in [4.78, 5) is 27.3. The van der Waals surface area contributed by atoms with Crippen LogP contribution in [-0.2, 0) is 16.6 Å². The lowest BCUT2D eigenvalue weighted by molar-refractivity contribution is -0.123. The monoisotopic (exact) mass is 467 g/mol. The highest BCUT2D eigenvalue weighted by Crippen LogP contribution is 2.24. The molecule has 0 saturated heterocycles. The van der Waals surface area contributed by atoms with Crippen LogP contribution in [0.25, 0.3) is 11.4 Å². The number of hydrogen-bond donors (Lipinski definition) is 1. The quantitative estimate of drug-likeness (QED) is 0.510. The molecule has 0 aliphatic heterocycles. The minimum absolute atomic E-state index is 0.0862. The van der Waals surface area contributed by atoms with E-state index in [2.05, 4.69) is 15.5 Å². The highest BCUT2D eigenvalue weighted by atomic mass is 32.2. The van der Waals surface area contributed by atoms with E-state index in [1.165, 1.54) is 16.7 Å². The molecule has 0 unspecified atom stereocenters. The number of hydrogen-bond acceptors (Lipinski definition) is 6. The van der Waals surface area contributed by atoms with Crippen LogP contribution in [0.15, 0.2) is 59.8 Å². The van der Waals surface area contributed by atoms with Crippen molar-refractivity contribution in [1.82, 2.24) is 20.1 Å². The molecule has 0 aliphatic carbocycles. The first kappa shape index (κ1) is 24.3. The fourth-order valence-corrected chi connectivity index (χ4v) is 3.96. The maximum Gasteiger partial charge on any atom is 0.240 e. The van der Waals surface area contributed by atoms with Gasteiger partial charge in [0, 0.05) is 23.8 Å². The van der Waals surface area contributed by atoms with Gasteiger partial charge in [-0.05, 0) is 45.0 Å². The largest absolute Gasteiger partial charge is 0.497 e. The molecule has 1 heterocycles. The lowest BCUT2D eigenvalue weighted by Gasteiger charge is -2.26.